The van der Waals surface area contributed by atoms with E-state index < -0.39 is 0 Å². The quantitative estimate of drug-likeness (QED) is 0.861. The van der Waals surface area contributed by atoms with Crippen molar-refractivity contribution in [3.63, 3.8) is 0 Å². The van der Waals surface area contributed by atoms with Gasteiger partial charge in [0.15, 0.2) is 11.5 Å². The van der Waals surface area contributed by atoms with E-state index in [9.17, 15) is 4.79 Å². The van der Waals surface area contributed by atoms with Crippen LogP contribution in [0.5, 0.6) is 11.5 Å². The van der Waals surface area contributed by atoms with Gasteiger partial charge in [-0.25, -0.2) is 4.68 Å². The molecular formula is C12H13N5O3. The predicted molar refractivity (Wildman–Crippen MR) is 66.9 cm³/mol. The number of carbonyl (C=O) groups excluding carboxylic acids is 1. The van der Waals surface area contributed by atoms with Gasteiger partial charge in [-0.3, -0.25) is 4.79 Å². The van der Waals surface area contributed by atoms with Crippen molar-refractivity contribution in [2.75, 3.05) is 6.79 Å². The maximum absolute atomic E-state index is 11.8. The molecule has 3 rings (SSSR count). The van der Waals surface area contributed by atoms with Crippen LogP contribution in [0, 0.1) is 0 Å². The lowest BCUT2D eigenvalue weighted by Gasteiger charge is -2.14. The zero-order chi connectivity index (χ0) is 13.9. The molecule has 1 aromatic carbocycles. The Bertz CT molecular complexity index is 614. The van der Waals surface area contributed by atoms with E-state index in [-0.39, 0.29) is 25.3 Å². The van der Waals surface area contributed by atoms with Gasteiger partial charge in [0.2, 0.25) is 12.7 Å². The van der Waals surface area contributed by atoms with Crippen LogP contribution in [0.2, 0.25) is 0 Å². The van der Waals surface area contributed by atoms with Crippen molar-refractivity contribution >= 4 is 5.91 Å². The van der Waals surface area contributed by atoms with Gasteiger partial charge < -0.3 is 14.8 Å². The van der Waals surface area contributed by atoms with Crippen LogP contribution in [0.3, 0.4) is 0 Å². The largest absolute Gasteiger partial charge is 0.454 e. The summed E-state index contributed by atoms with van der Waals surface area (Å²) in [4.78, 5) is 11.8. The molecule has 8 nitrogen and oxygen atoms in total. The van der Waals surface area contributed by atoms with E-state index in [0.717, 1.165) is 11.3 Å². The Hall–Kier alpha value is -2.64. The molecular weight excluding hydrogens is 262 g/mol. The SMILES string of the molecule is CC(NC(=O)Cn1cnnn1)c1ccc2c(c1)OCO2. The average molecular weight is 275 g/mol. The molecule has 0 spiro atoms. The fraction of sp³-hybridized carbons (Fsp3) is 0.333. The van der Waals surface area contributed by atoms with Gasteiger partial charge in [-0.15, -0.1) is 5.10 Å². The molecule has 8 heteroatoms. The topological polar surface area (TPSA) is 91.2 Å². The number of nitrogens with zero attached hydrogens (tertiary/aromatic N) is 4. The molecule has 1 aliphatic heterocycles. The molecule has 1 aliphatic rings. The van der Waals surface area contributed by atoms with E-state index >= 15 is 0 Å². The summed E-state index contributed by atoms with van der Waals surface area (Å²) < 4.78 is 11.9. The number of hydrogen-bond donors (Lipinski definition) is 1. The molecule has 1 aromatic heterocycles. The fourth-order valence-electron chi connectivity index (χ4n) is 1.95. The van der Waals surface area contributed by atoms with Crippen LogP contribution in [-0.2, 0) is 11.3 Å². The summed E-state index contributed by atoms with van der Waals surface area (Å²) >= 11 is 0. The highest BCUT2D eigenvalue weighted by Crippen LogP contribution is 2.34. The van der Waals surface area contributed by atoms with Crippen molar-refractivity contribution < 1.29 is 14.3 Å². The van der Waals surface area contributed by atoms with E-state index in [1.165, 1.54) is 11.0 Å². The van der Waals surface area contributed by atoms with E-state index in [0.29, 0.717) is 5.75 Å². The van der Waals surface area contributed by atoms with Crippen LogP contribution in [0.4, 0.5) is 0 Å². The second kappa shape index (κ2) is 5.16. The first-order chi connectivity index (χ1) is 9.72. The molecule has 2 aromatic rings. The van der Waals surface area contributed by atoms with E-state index in [1.54, 1.807) is 0 Å². The molecule has 20 heavy (non-hydrogen) atoms. The van der Waals surface area contributed by atoms with Crippen molar-refractivity contribution in [3.8, 4) is 11.5 Å². The summed E-state index contributed by atoms with van der Waals surface area (Å²) in [7, 11) is 0. The summed E-state index contributed by atoms with van der Waals surface area (Å²) in [5.74, 6) is 1.26. The van der Waals surface area contributed by atoms with Crippen molar-refractivity contribution in [2.24, 2.45) is 0 Å². The third-order valence-electron chi connectivity index (χ3n) is 2.97. The Morgan fingerprint density at radius 2 is 2.30 bits per heavy atom. The van der Waals surface area contributed by atoms with Crippen LogP contribution in [0.25, 0.3) is 0 Å². The zero-order valence-corrected chi connectivity index (χ0v) is 10.8. The minimum Gasteiger partial charge on any atom is -0.454 e. The lowest BCUT2D eigenvalue weighted by molar-refractivity contribution is -0.122. The van der Waals surface area contributed by atoms with Crippen LogP contribution >= 0.6 is 0 Å². The highest BCUT2D eigenvalue weighted by atomic mass is 16.7. The number of fused-ring (bicyclic) bond motifs is 1. The first-order valence-electron chi connectivity index (χ1n) is 6.12. The third-order valence-corrected chi connectivity index (χ3v) is 2.97. The number of amides is 1. The van der Waals surface area contributed by atoms with Crippen LogP contribution in [-0.4, -0.2) is 32.9 Å². The van der Waals surface area contributed by atoms with Crippen molar-refractivity contribution in [2.45, 2.75) is 19.5 Å². The molecule has 0 bridgehead atoms. The van der Waals surface area contributed by atoms with Gasteiger partial charge in [-0.2, -0.15) is 0 Å². The highest BCUT2D eigenvalue weighted by Gasteiger charge is 2.17. The van der Waals surface area contributed by atoms with Gasteiger partial charge in [-0.05, 0) is 35.0 Å². The number of tetrazole rings is 1. The van der Waals surface area contributed by atoms with E-state index in [1.807, 2.05) is 25.1 Å². The van der Waals surface area contributed by atoms with Gasteiger partial charge >= 0.3 is 0 Å². The minimum absolute atomic E-state index is 0.0852. The van der Waals surface area contributed by atoms with Gasteiger partial charge in [0.25, 0.3) is 0 Å². The summed E-state index contributed by atoms with van der Waals surface area (Å²) in [5.41, 5.74) is 0.944. The lowest BCUT2D eigenvalue weighted by Crippen LogP contribution is -2.30. The minimum atomic E-state index is -0.164. The first kappa shape index (κ1) is 12.4. The number of carbonyl (C=O) groups is 1. The molecule has 1 atom stereocenters. The molecule has 0 radical (unpaired) electrons. The molecule has 1 amide bonds. The van der Waals surface area contributed by atoms with Gasteiger partial charge in [0.1, 0.15) is 12.9 Å². The number of rotatable bonds is 4. The molecule has 0 saturated heterocycles. The van der Waals surface area contributed by atoms with Crippen LogP contribution in [0.1, 0.15) is 18.5 Å². The summed E-state index contributed by atoms with van der Waals surface area (Å²) in [5, 5.41) is 13.5. The normalized spacial score (nSPS) is 14.1. The van der Waals surface area contributed by atoms with Gasteiger partial charge in [-0.1, -0.05) is 6.07 Å². The summed E-state index contributed by atoms with van der Waals surface area (Å²) in [6.07, 6.45) is 1.39. The lowest BCUT2D eigenvalue weighted by atomic mass is 10.1. The molecule has 104 valence electrons. The van der Waals surface area contributed by atoms with E-state index in [2.05, 4.69) is 20.8 Å². The molecule has 1 N–H and O–H groups in total. The second-order valence-electron chi connectivity index (χ2n) is 4.41. The molecule has 2 heterocycles. The standard InChI is InChI=1S/C12H13N5O3/c1-8(14-12(18)5-17-6-13-15-16-17)9-2-3-10-11(4-9)20-7-19-10/h2-4,6,8H,5,7H2,1H3,(H,14,18). The number of benzene rings is 1. The third kappa shape index (κ3) is 2.53. The monoisotopic (exact) mass is 275 g/mol. The summed E-state index contributed by atoms with van der Waals surface area (Å²) in [6.45, 7) is 2.22. The maximum Gasteiger partial charge on any atom is 0.242 e. The molecule has 0 fully saturated rings. The van der Waals surface area contributed by atoms with Crippen molar-refractivity contribution in [3.05, 3.63) is 30.1 Å². The smallest absolute Gasteiger partial charge is 0.242 e. The van der Waals surface area contributed by atoms with Crippen LogP contribution < -0.4 is 14.8 Å². The number of ether oxygens (including phenoxy) is 2. The number of aromatic nitrogens is 4. The predicted octanol–water partition coefficient (Wildman–Crippen LogP) is 0.279. The second-order valence-corrected chi connectivity index (χ2v) is 4.41. The van der Waals surface area contributed by atoms with E-state index in [4.69, 9.17) is 9.47 Å². The fourth-order valence-corrected chi connectivity index (χ4v) is 1.95. The van der Waals surface area contributed by atoms with Crippen molar-refractivity contribution in [1.82, 2.24) is 25.5 Å². The Morgan fingerprint density at radius 3 is 3.10 bits per heavy atom. The van der Waals surface area contributed by atoms with Crippen molar-refractivity contribution in [1.29, 1.82) is 0 Å². The Balaban J connectivity index is 1.64. The highest BCUT2D eigenvalue weighted by molar-refractivity contribution is 5.76. The number of hydrogen-bond acceptors (Lipinski definition) is 6. The van der Waals surface area contributed by atoms with Crippen LogP contribution in [0.15, 0.2) is 24.5 Å². The van der Waals surface area contributed by atoms with Gasteiger partial charge in [0, 0.05) is 0 Å². The summed E-state index contributed by atoms with van der Waals surface area (Å²) in [6, 6.07) is 5.45. The Labute approximate surface area is 114 Å². The molecule has 0 saturated carbocycles. The average Bonchev–Trinajstić information content (AvgIpc) is 3.07. The Morgan fingerprint density at radius 1 is 1.45 bits per heavy atom. The maximum atomic E-state index is 11.8. The molecule has 1 unspecified atom stereocenters. The molecule has 0 aliphatic carbocycles. The number of nitrogens with one attached hydrogen (secondary N) is 1. The first-order valence-corrected chi connectivity index (χ1v) is 6.12. The van der Waals surface area contributed by atoms with Gasteiger partial charge in [0.05, 0.1) is 6.04 Å². The Kier molecular flexibility index (Phi) is 3.20. The zero-order valence-electron chi connectivity index (χ0n) is 10.8.